The number of aromatic nitrogens is 2. The van der Waals surface area contributed by atoms with Crippen LogP contribution in [0, 0.1) is 0 Å². The number of thiophene rings is 1. The van der Waals surface area contributed by atoms with Gasteiger partial charge in [0.25, 0.3) is 11.5 Å². The summed E-state index contributed by atoms with van der Waals surface area (Å²) >= 11 is 1.19. The minimum Gasteiger partial charge on any atom is -0.347 e. The number of nitrogens with one attached hydrogen (secondary N) is 2. The van der Waals surface area contributed by atoms with Crippen LogP contribution in [0.3, 0.4) is 0 Å². The van der Waals surface area contributed by atoms with E-state index in [-0.39, 0.29) is 12.1 Å². The number of benzene rings is 1. The molecule has 124 valence electrons. The maximum Gasteiger partial charge on any atom is 0.417 e. The summed E-state index contributed by atoms with van der Waals surface area (Å²) in [4.78, 5) is 31.2. The monoisotopic (exact) mass is 353 g/mol. The number of carbonyl (C=O) groups excluding carboxylic acids is 1. The Kier molecular flexibility index (Phi) is 4.10. The lowest BCUT2D eigenvalue weighted by atomic mass is 10.1. The van der Waals surface area contributed by atoms with Gasteiger partial charge in [0.15, 0.2) is 0 Å². The van der Waals surface area contributed by atoms with Crippen molar-refractivity contribution in [2.45, 2.75) is 12.7 Å². The van der Waals surface area contributed by atoms with E-state index in [1.54, 1.807) is 6.07 Å². The molecule has 0 bridgehead atoms. The van der Waals surface area contributed by atoms with Gasteiger partial charge in [-0.2, -0.15) is 13.2 Å². The first-order chi connectivity index (χ1) is 11.4. The SMILES string of the molecule is O=C(NCc1cc2c(=O)[nH]cnc2s1)c1ccccc1C(F)(F)F. The van der Waals surface area contributed by atoms with Gasteiger partial charge >= 0.3 is 6.18 Å². The van der Waals surface area contributed by atoms with Crippen LogP contribution < -0.4 is 10.9 Å². The molecule has 3 aromatic rings. The fourth-order valence-electron chi connectivity index (χ4n) is 2.20. The molecule has 0 radical (unpaired) electrons. The number of amides is 1. The molecule has 1 aromatic carbocycles. The lowest BCUT2D eigenvalue weighted by Crippen LogP contribution is -2.25. The largest absolute Gasteiger partial charge is 0.417 e. The van der Waals surface area contributed by atoms with Crippen LogP contribution in [0.4, 0.5) is 13.2 Å². The van der Waals surface area contributed by atoms with Crippen molar-refractivity contribution in [3.8, 4) is 0 Å². The second-order valence-corrected chi connectivity index (χ2v) is 6.00. The number of halogens is 3. The first-order valence-electron chi connectivity index (χ1n) is 6.77. The average Bonchev–Trinajstić information content (AvgIpc) is 2.96. The molecule has 2 heterocycles. The molecule has 0 unspecified atom stereocenters. The van der Waals surface area contributed by atoms with Gasteiger partial charge in [0.05, 0.1) is 29.4 Å². The Labute approximate surface area is 137 Å². The Hall–Kier alpha value is -2.68. The first kappa shape index (κ1) is 16.2. The number of nitrogens with zero attached hydrogens (tertiary/aromatic N) is 1. The van der Waals surface area contributed by atoms with E-state index in [4.69, 9.17) is 0 Å². The molecule has 3 rings (SSSR count). The van der Waals surface area contributed by atoms with Gasteiger partial charge in [-0.3, -0.25) is 9.59 Å². The van der Waals surface area contributed by atoms with E-state index < -0.39 is 23.2 Å². The smallest absolute Gasteiger partial charge is 0.347 e. The zero-order chi connectivity index (χ0) is 17.3. The van der Waals surface area contributed by atoms with Gasteiger partial charge in [0.1, 0.15) is 4.83 Å². The first-order valence-corrected chi connectivity index (χ1v) is 7.58. The number of H-pyrrole nitrogens is 1. The van der Waals surface area contributed by atoms with Crippen LogP contribution in [-0.4, -0.2) is 15.9 Å². The molecule has 2 N–H and O–H groups in total. The van der Waals surface area contributed by atoms with Crippen molar-refractivity contribution in [1.82, 2.24) is 15.3 Å². The van der Waals surface area contributed by atoms with Crippen LogP contribution in [0.15, 0.2) is 41.5 Å². The number of rotatable bonds is 3. The molecule has 1 amide bonds. The van der Waals surface area contributed by atoms with E-state index in [1.165, 1.54) is 29.8 Å². The van der Waals surface area contributed by atoms with Gasteiger partial charge in [-0.05, 0) is 18.2 Å². The van der Waals surface area contributed by atoms with Crippen LogP contribution in [0.1, 0.15) is 20.8 Å². The van der Waals surface area contributed by atoms with Gasteiger partial charge in [0, 0.05) is 4.88 Å². The highest BCUT2D eigenvalue weighted by atomic mass is 32.1. The molecule has 5 nitrogen and oxygen atoms in total. The molecule has 0 saturated heterocycles. The quantitative estimate of drug-likeness (QED) is 0.760. The predicted molar refractivity (Wildman–Crippen MR) is 82.9 cm³/mol. The topological polar surface area (TPSA) is 74.8 Å². The minimum atomic E-state index is -4.61. The lowest BCUT2D eigenvalue weighted by Gasteiger charge is -2.12. The van der Waals surface area contributed by atoms with Crippen molar-refractivity contribution in [1.29, 1.82) is 0 Å². The number of hydrogen-bond acceptors (Lipinski definition) is 4. The Balaban J connectivity index is 1.81. The Bertz CT molecular complexity index is 962. The molecule has 0 aliphatic heterocycles. The van der Waals surface area contributed by atoms with Gasteiger partial charge in [-0.15, -0.1) is 11.3 Å². The minimum absolute atomic E-state index is 0.00545. The Morgan fingerprint density at radius 3 is 2.75 bits per heavy atom. The molecule has 2 aromatic heterocycles. The third-order valence-corrected chi connectivity index (χ3v) is 4.33. The summed E-state index contributed by atoms with van der Waals surface area (Å²) in [6.45, 7) is 0.00545. The summed E-state index contributed by atoms with van der Waals surface area (Å²) in [5, 5.41) is 2.82. The Morgan fingerprint density at radius 2 is 2.04 bits per heavy atom. The average molecular weight is 353 g/mol. The molecule has 0 spiro atoms. The van der Waals surface area contributed by atoms with Gasteiger partial charge < -0.3 is 10.3 Å². The van der Waals surface area contributed by atoms with Crippen LogP contribution in [0.2, 0.25) is 0 Å². The van der Waals surface area contributed by atoms with Crippen molar-refractivity contribution in [3.63, 3.8) is 0 Å². The normalized spacial score (nSPS) is 11.6. The standard InChI is InChI=1S/C15H10F3N3O2S/c16-15(17,18)11-4-2-1-3-9(11)12(22)19-6-8-5-10-13(23)20-7-21-14(10)24-8/h1-5,7H,6H2,(H,19,22)(H,20,21,23). The van der Waals surface area contributed by atoms with Crippen molar-refractivity contribution in [2.75, 3.05) is 0 Å². The highest BCUT2D eigenvalue weighted by molar-refractivity contribution is 7.18. The van der Waals surface area contributed by atoms with E-state index >= 15 is 0 Å². The molecule has 0 aliphatic carbocycles. The lowest BCUT2D eigenvalue weighted by molar-refractivity contribution is -0.137. The maximum absolute atomic E-state index is 12.9. The summed E-state index contributed by atoms with van der Waals surface area (Å²) < 4.78 is 38.8. The zero-order valence-electron chi connectivity index (χ0n) is 12.0. The molecular formula is C15H10F3N3O2S. The highest BCUT2D eigenvalue weighted by Crippen LogP contribution is 2.31. The molecular weight excluding hydrogens is 343 g/mol. The predicted octanol–water partition coefficient (Wildman–Crippen LogP) is 2.93. The second-order valence-electron chi connectivity index (χ2n) is 4.89. The van der Waals surface area contributed by atoms with E-state index in [0.29, 0.717) is 15.1 Å². The summed E-state index contributed by atoms with van der Waals surface area (Å²) in [6, 6.07) is 6.13. The van der Waals surface area contributed by atoms with E-state index in [1.807, 2.05) is 0 Å². The molecule has 0 saturated carbocycles. The van der Waals surface area contributed by atoms with Crippen molar-refractivity contribution >= 4 is 27.5 Å². The van der Waals surface area contributed by atoms with Crippen molar-refractivity contribution < 1.29 is 18.0 Å². The zero-order valence-corrected chi connectivity index (χ0v) is 12.8. The third-order valence-electron chi connectivity index (χ3n) is 3.29. The van der Waals surface area contributed by atoms with E-state index in [9.17, 15) is 22.8 Å². The third kappa shape index (κ3) is 3.16. The van der Waals surface area contributed by atoms with Crippen LogP contribution in [-0.2, 0) is 12.7 Å². The number of aromatic amines is 1. The number of hydrogen-bond donors (Lipinski definition) is 2. The molecule has 24 heavy (non-hydrogen) atoms. The number of carbonyl (C=O) groups is 1. The summed E-state index contributed by atoms with van der Waals surface area (Å²) in [7, 11) is 0. The van der Waals surface area contributed by atoms with E-state index in [0.717, 1.165) is 12.1 Å². The van der Waals surface area contributed by atoms with Gasteiger partial charge in [0.2, 0.25) is 0 Å². The second kappa shape index (κ2) is 6.08. The fourth-order valence-corrected chi connectivity index (χ4v) is 3.13. The van der Waals surface area contributed by atoms with E-state index in [2.05, 4.69) is 15.3 Å². The van der Waals surface area contributed by atoms with Gasteiger partial charge in [-0.1, -0.05) is 12.1 Å². The molecule has 0 aliphatic rings. The number of fused-ring (bicyclic) bond motifs is 1. The highest BCUT2D eigenvalue weighted by Gasteiger charge is 2.34. The van der Waals surface area contributed by atoms with Gasteiger partial charge in [-0.25, -0.2) is 4.98 Å². The molecule has 9 heteroatoms. The fraction of sp³-hybridized carbons (Fsp3) is 0.133. The summed E-state index contributed by atoms with van der Waals surface area (Å²) in [5.41, 5.74) is -1.74. The summed E-state index contributed by atoms with van der Waals surface area (Å²) in [5.74, 6) is -0.831. The van der Waals surface area contributed by atoms with Crippen LogP contribution >= 0.6 is 11.3 Å². The molecule has 0 atom stereocenters. The number of alkyl halides is 3. The Morgan fingerprint density at radius 1 is 1.29 bits per heavy atom. The summed E-state index contributed by atoms with van der Waals surface area (Å²) in [6.07, 6.45) is -3.34. The van der Waals surface area contributed by atoms with Crippen molar-refractivity contribution in [2.24, 2.45) is 0 Å². The van der Waals surface area contributed by atoms with Crippen LogP contribution in [0.25, 0.3) is 10.2 Å². The molecule has 0 fully saturated rings. The van der Waals surface area contributed by atoms with Crippen LogP contribution in [0.5, 0.6) is 0 Å². The maximum atomic E-state index is 12.9. The van der Waals surface area contributed by atoms with Crippen molar-refractivity contribution in [3.05, 3.63) is 63.0 Å².